The Morgan fingerprint density at radius 3 is 2.67 bits per heavy atom. The number of hydrogen-bond donors (Lipinski definition) is 2. The lowest BCUT2D eigenvalue weighted by Crippen LogP contribution is -2.29. The van der Waals surface area contributed by atoms with E-state index in [1.54, 1.807) is 0 Å². The molecule has 3 N–H and O–H groups in total. The quantitative estimate of drug-likeness (QED) is 0.561. The van der Waals surface area contributed by atoms with Crippen molar-refractivity contribution < 1.29 is 0 Å². The summed E-state index contributed by atoms with van der Waals surface area (Å²) in [6.07, 6.45) is 1.81. The number of fused-ring (bicyclic) bond motifs is 1. The Kier molecular flexibility index (Phi) is 4.01. The summed E-state index contributed by atoms with van der Waals surface area (Å²) in [4.78, 5) is 4.51. The summed E-state index contributed by atoms with van der Waals surface area (Å²) in [5.74, 6) is 5.84. The van der Waals surface area contributed by atoms with Crippen LogP contribution in [0.2, 0.25) is 0 Å². The van der Waals surface area contributed by atoms with Gasteiger partial charge < -0.3 is 0 Å². The lowest BCUT2D eigenvalue weighted by Gasteiger charge is -2.20. The summed E-state index contributed by atoms with van der Waals surface area (Å²) in [6, 6.07) is 16.3. The monoisotopic (exact) mass is 341 g/mol. The number of para-hydroxylation sites is 1. The molecule has 0 fully saturated rings. The fraction of sp³-hybridized carbons (Fsp3) is 0.118. The number of nitrogens with two attached hydrogens (primary N) is 1. The van der Waals surface area contributed by atoms with Crippen molar-refractivity contribution in [3.05, 3.63) is 75.9 Å². The number of hydrogen-bond acceptors (Lipinski definition) is 3. The highest BCUT2D eigenvalue weighted by Crippen LogP contribution is 2.32. The molecule has 1 heterocycles. The first-order chi connectivity index (χ1) is 10.2. The fourth-order valence-corrected chi connectivity index (χ4v) is 3.30. The van der Waals surface area contributed by atoms with Crippen molar-refractivity contribution in [1.82, 2.24) is 10.4 Å². The van der Waals surface area contributed by atoms with E-state index < -0.39 is 0 Å². The molecular weight excluding hydrogens is 326 g/mol. The molecule has 21 heavy (non-hydrogen) atoms. The summed E-state index contributed by atoms with van der Waals surface area (Å²) in [6.45, 7) is 2.07. The maximum absolute atomic E-state index is 5.84. The second kappa shape index (κ2) is 5.93. The van der Waals surface area contributed by atoms with E-state index in [9.17, 15) is 0 Å². The van der Waals surface area contributed by atoms with Gasteiger partial charge in [0.25, 0.3) is 0 Å². The van der Waals surface area contributed by atoms with Crippen molar-refractivity contribution in [3.8, 4) is 0 Å². The molecule has 0 bridgehead atoms. The van der Waals surface area contributed by atoms with Crippen molar-refractivity contribution in [3.63, 3.8) is 0 Å². The highest BCUT2D eigenvalue weighted by Gasteiger charge is 2.18. The number of nitrogens with one attached hydrogen (secondary N) is 1. The van der Waals surface area contributed by atoms with Crippen LogP contribution < -0.4 is 11.3 Å². The van der Waals surface area contributed by atoms with E-state index in [4.69, 9.17) is 5.84 Å². The van der Waals surface area contributed by atoms with Gasteiger partial charge in [0.05, 0.1) is 11.6 Å². The molecular formula is C17H16BrN3. The van der Waals surface area contributed by atoms with Gasteiger partial charge in [-0.2, -0.15) is 0 Å². The van der Waals surface area contributed by atoms with Crippen molar-refractivity contribution in [2.45, 2.75) is 13.0 Å². The first-order valence-electron chi connectivity index (χ1n) is 6.76. The second-order valence-corrected chi connectivity index (χ2v) is 5.90. The molecule has 0 radical (unpaired) electrons. The van der Waals surface area contributed by atoms with Crippen LogP contribution in [0.5, 0.6) is 0 Å². The maximum Gasteiger partial charge on any atom is 0.0753 e. The Morgan fingerprint density at radius 1 is 1.10 bits per heavy atom. The minimum Gasteiger partial charge on any atom is -0.271 e. The molecule has 3 nitrogen and oxygen atoms in total. The Hall–Kier alpha value is -1.75. The van der Waals surface area contributed by atoms with Gasteiger partial charge >= 0.3 is 0 Å². The Labute approximate surface area is 132 Å². The summed E-state index contributed by atoms with van der Waals surface area (Å²) in [5.41, 5.74) is 7.26. The van der Waals surface area contributed by atoms with Gasteiger partial charge in [0.2, 0.25) is 0 Å². The molecule has 0 aliphatic carbocycles. The molecule has 0 amide bonds. The summed E-state index contributed by atoms with van der Waals surface area (Å²) >= 11 is 3.63. The smallest absolute Gasteiger partial charge is 0.0753 e. The second-order valence-electron chi connectivity index (χ2n) is 5.05. The zero-order valence-electron chi connectivity index (χ0n) is 11.7. The molecule has 0 spiro atoms. The largest absolute Gasteiger partial charge is 0.271 e. The number of hydrazine groups is 1. The SMILES string of the molecule is Cc1ccc(C(NN)c2cccc3cccnc23)c(Br)c1. The summed E-state index contributed by atoms with van der Waals surface area (Å²) in [5, 5.41) is 1.11. The first kappa shape index (κ1) is 14.2. The molecule has 106 valence electrons. The minimum absolute atomic E-state index is 0.112. The van der Waals surface area contributed by atoms with Crippen LogP contribution in [0.4, 0.5) is 0 Å². The normalized spacial score (nSPS) is 12.5. The van der Waals surface area contributed by atoms with Gasteiger partial charge in [-0.1, -0.05) is 52.3 Å². The molecule has 3 aromatic rings. The fourth-order valence-electron chi connectivity index (χ4n) is 2.57. The van der Waals surface area contributed by atoms with Crippen LogP contribution in [0, 0.1) is 6.92 Å². The number of aryl methyl sites for hydroxylation is 1. The van der Waals surface area contributed by atoms with Crippen LogP contribution in [0.15, 0.2) is 59.2 Å². The van der Waals surface area contributed by atoms with E-state index in [0.717, 1.165) is 26.5 Å². The molecule has 1 atom stereocenters. The van der Waals surface area contributed by atoms with Crippen molar-refractivity contribution in [1.29, 1.82) is 0 Å². The van der Waals surface area contributed by atoms with E-state index in [-0.39, 0.29) is 6.04 Å². The third kappa shape index (κ3) is 2.70. The maximum atomic E-state index is 5.84. The minimum atomic E-state index is -0.112. The zero-order chi connectivity index (χ0) is 14.8. The van der Waals surface area contributed by atoms with Gasteiger partial charge in [-0.25, -0.2) is 5.43 Å². The van der Waals surface area contributed by atoms with Crippen LogP contribution in [0.25, 0.3) is 10.9 Å². The van der Waals surface area contributed by atoms with E-state index in [2.05, 4.69) is 69.7 Å². The van der Waals surface area contributed by atoms with Gasteiger partial charge in [0.15, 0.2) is 0 Å². The molecule has 1 unspecified atom stereocenters. The lowest BCUT2D eigenvalue weighted by molar-refractivity contribution is 0.637. The Morgan fingerprint density at radius 2 is 1.90 bits per heavy atom. The van der Waals surface area contributed by atoms with Crippen LogP contribution >= 0.6 is 15.9 Å². The highest BCUT2D eigenvalue weighted by molar-refractivity contribution is 9.10. The zero-order valence-corrected chi connectivity index (χ0v) is 13.3. The molecule has 0 aliphatic heterocycles. The molecule has 4 heteroatoms. The number of pyridine rings is 1. The molecule has 0 saturated heterocycles. The van der Waals surface area contributed by atoms with Crippen molar-refractivity contribution >= 4 is 26.8 Å². The van der Waals surface area contributed by atoms with E-state index in [1.165, 1.54) is 5.56 Å². The van der Waals surface area contributed by atoms with Gasteiger partial charge in [0, 0.05) is 21.6 Å². The number of nitrogens with zero attached hydrogens (tertiary/aromatic N) is 1. The Bertz CT molecular complexity index is 781. The lowest BCUT2D eigenvalue weighted by atomic mass is 9.96. The van der Waals surface area contributed by atoms with E-state index in [1.807, 2.05) is 18.3 Å². The third-order valence-corrected chi connectivity index (χ3v) is 4.30. The number of rotatable bonds is 3. The average molecular weight is 342 g/mol. The summed E-state index contributed by atoms with van der Waals surface area (Å²) in [7, 11) is 0. The van der Waals surface area contributed by atoms with Gasteiger partial charge in [0.1, 0.15) is 0 Å². The predicted octanol–water partition coefficient (Wildman–Crippen LogP) is 3.86. The number of benzene rings is 2. The number of halogens is 1. The number of aromatic nitrogens is 1. The predicted molar refractivity (Wildman–Crippen MR) is 89.8 cm³/mol. The average Bonchev–Trinajstić information content (AvgIpc) is 2.50. The third-order valence-electron chi connectivity index (χ3n) is 3.61. The van der Waals surface area contributed by atoms with Crippen LogP contribution in [0.1, 0.15) is 22.7 Å². The first-order valence-corrected chi connectivity index (χ1v) is 7.56. The highest BCUT2D eigenvalue weighted by atomic mass is 79.9. The topological polar surface area (TPSA) is 50.9 Å². The van der Waals surface area contributed by atoms with Crippen LogP contribution in [-0.4, -0.2) is 4.98 Å². The molecule has 3 rings (SSSR count). The van der Waals surface area contributed by atoms with E-state index in [0.29, 0.717) is 0 Å². The van der Waals surface area contributed by atoms with Crippen LogP contribution in [-0.2, 0) is 0 Å². The van der Waals surface area contributed by atoms with Crippen molar-refractivity contribution in [2.24, 2.45) is 5.84 Å². The van der Waals surface area contributed by atoms with Crippen LogP contribution in [0.3, 0.4) is 0 Å². The molecule has 0 saturated carbocycles. The molecule has 2 aromatic carbocycles. The Balaban J connectivity index is 2.18. The van der Waals surface area contributed by atoms with Gasteiger partial charge in [-0.15, -0.1) is 0 Å². The standard InChI is InChI=1S/C17H16BrN3/c1-11-7-8-13(15(18)10-11)17(21-19)14-6-2-4-12-5-3-9-20-16(12)14/h2-10,17,21H,19H2,1H3. The van der Waals surface area contributed by atoms with E-state index >= 15 is 0 Å². The molecule has 1 aromatic heterocycles. The summed E-state index contributed by atoms with van der Waals surface area (Å²) < 4.78 is 1.04. The van der Waals surface area contributed by atoms with Crippen molar-refractivity contribution in [2.75, 3.05) is 0 Å². The van der Waals surface area contributed by atoms with Gasteiger partial charge in [-0.3, -0.25) is 10.8 Å². The molecule has 0 aliphatic rings. The van der Waals surface area contributed by atoms with Gasteiger partial charge in [-0.05, 0) is 30.2 Å².